The zero-order chi connectivity index (χ0) is 21.9. The predicted octanol–water partition coefficient (Wildman–Crippen LogP) is 4.72. The van der Waals surface area contributed by atoms with Crippen LogP contribution in [0.15, 0.2) is 121 Å². The standard InChI is InChI=1S/C28H25N2O2/c31-27-25(21-13-5-1-6-14-21)28(32)30(24-19-11-4-12-20-24)26(22-15-7-2-8-16-22)29(27)23-17-9-3-10-18-23/h1-20,25,27-28,31-32H/q+1. The van der Waals surface area contributed by atoms with Crippen LogP contribution in [-0.2, 0) is 0 Å². The molecule has 1 aliphatic rings. The van der Waals surface area contributed by atoms with Crippen molar-refractivity contribution in [2.45, 2.75) is 18.4 Å². The van der Waals surface area contributed by atoms with Crippen molar-refractivity contribution in [2.24, 2.45) is 0 Å². The molecule has 4 nitrogen and oxygen atoms in total. The third-order valence-corrected chi connectivity index (χ3v) is 5.91. The minimum absolute atomic E-state index is 0.552. The monoisotopic (exact) mass is 421 g/mol. The van der Waals surface area contributed by atoms with E-state index >= 15 is 0 Å². The second-order valence-electron chi connectivity index (χ2n) is 7.86. The van der Waals surface area contributed by atoms with E-state index in [2.05, 4.69) is 0 Å². The van der Waals surface area contributed by atoms with Crippen LogP contribution in [0, 0.1) is 0 Å². The summed E-state index contributed by atoms with van der Waals surface area (Å²) in [5.41, 5.74) is 3.49. The van der Waals surface area contributed by atoms with Gasteiger partial charge in [0.25, 0.3) is 5.84 Å². The maximum Gasteiger partial charge on any atom is 0.293 e. The van der Waals surface area contributed by atoms with E-state index in [4.69, 9.17) is 0 Å². The molecule has 4 heteroatoms. The third kappa shape index (κ3) is 3.60. The Morgan fingerprint density at radius 1 is 0.594 bits per heavy atom. The maximum absolute atomic E-state index is 11.7. The van der Waals surface area contributed by atoms with Gasteiger partial charge in [-0.05, 0) is 42.0 Å². The number of hydrogen-bond acceptors (Lipinski definition) is 3. The molecular formula is C28H25N2O2+. The molecular weight excluding hydrogens is 396 g/mol. The van der Waals surface area contributed by atoms with Crippen LogP contribution in [0.3, 0.4) is 0 Å². The average molecular weight is 422 g/mol. The van der Waals surface area contributed by atoms with E-state index in [9.17, 15) is 10.2 Å². The molecule has 4 aromatic rings. The number of hydrogen-bond donors (Lipinski definition) is 2. The minimum atomic E-state index is -0.968. The predicted molar refractivity (Wildman–Crippen MR) is 127 cm³/mol. The largest absolute Gasteiger partial charge is 0.354 e. The normalized spacial score (nSPS) is 20.9. The van der Waals surface area contributed by atoms with Gasteiger partial charge in [-0.1, -0.05) is 84.9 Å². The van der Waals surface area contributed by atoms with Gasteiger partial charge < -0.3 is 10.2 Å². The van der Waals surface area contributed by atoms with Gasteiger partial charge in [0.05, 0.1) is 5.56 Å². The molecule has 0 aliphatic carbocycles. The lowest BCUT2D eigenvalue weighted by Gasteiger charge is -2.38. The van der Waals surface area contributed by atoms with E-state index < -0.39 is 18.4 Å². The smallest absolute Gasteiger partial charge is 0.293 e. The first-order valence-electron chi connectivity index (χ1n) is 10.8. The molecule has 5 rings (SSSR count). The van der Waals surface area contributed by atoms with E-state index in [1.807, 2.05) is 131 Å². The van der Waals surface area contributed by atoms with Crippen molar-refractivity contribution in [1.29, 1.82) is 0 Å². The molecule has 0 fully saturated rings. The molecule has 0 aromatic heterocycles. The summed E-state index contributed by atoms with van der Waals surface area (Å²) in [7, 11) is 0. The number of rotatable bonds is 4. The van der Waals surface area contributed by atoms with Crippen molar-refractivity contribution < 1.29 is 14.8 Å². The van der Waals surface area contributed by atoms with Gasteiger partial charge in [-0.2, -0.15) is 9.48 Å². The summed E-state index contributed by atoms with van der Waals surface area (Å²) in [5.74, 6) is 0.180. The average Bonchev–Trinajstić information content (AvgIpc) is 2.86. The highest BCUT2D eigenvalue weighted by molar-refractivity contribution is 6.08. The zero-order valence-corrected chi connectivity index (χ0v) is 17.6. The molecule has 0 spiro atoms. The van der Waals surface area contributed by atoms with Gasteiger partial charge in [-0.3, -0.25) is 0 Å². The van der Waals surface area contributed by atoms with Crippen LogP contribution in [0.2, 0.25) is 0 Å². The fourth-order valence-electron chi connectivity index (χ4n) is 4.45. The zero-order valence-electron chi connectivity index (χ0n) is 17.6. The topological polar surface area (TPSA) is 46.7 Å². The molecule has 158 valence electrons. The van der Waals surface area contributed by atoms with E-state index in [0.29, 0.717) is 0 Å². The molecule has 0 radical (unpaired) electrons. The van der Waals surface area contributed by atoms with E-state index in [1.54, 1.807) is 0 Å². The van der Waals surface area contributed by atoms with Crippen LogP contribution in [0.5, 0.6) is 0 Å². The molecule has 0 saturated heterocycles. The van der Waals surface area contributed by atoms with Crippen molar-refractivity contribution in [3.8, 4) is 0 Å². The van der Waals surface area contributed by atoms with Crippen LogP contribution >= 0.6 is 0 Å². The van der Waals surface area contributed by atoms with Gasteiger partial charge in [-0.25, -0.2) is 0 Å². The van der Waals surface area contributed by atoms with E-state index in [0.717, 1.165) is 28.3 Å². The molecule has 4 aromatic carbocycles. The van der Waals surface area contributed by atoms with Crippen LogP contribution in [0.25, 0.3) is 0 Å². The maximum atomic E-state index is 11.7. The third-order valence-electron chi connectivity index (χ3n) is 5.91. The Kier molecular flexibility index (Phi) is 5.55. The van der Waals surface area contributed by atoms with Gasteiger partial charge in [0.2, 0.25) is 12.5 Å². The second-order valence-corrected chi connectivity index (χ2v) is 7.86. The summed E-state index contributed by atoms with van der Waals surface area (Å²) in [5, 5.41) is 23.4. The summed E-state index contributed by atoms with van der Waals surface area (Å²) in [4.78, 5) is 1.92. The molecule has 0 amide bonds. The Labute approximate surface area is 188 Å². The highest BCUT2D eigenvalue weighted by Gasteiger charge is 2.50. The first kappa shape index (κ1) is 20.2. The van der Waals surface area contributed by atoms with Crippen LogP contribution < -0.4 is 4.90 Å². The molecule has 3 atom stereocenters. The molecule has 0 bridgehead atoms. The van der Waals surface area contributed by atoms with Gasteiger partial charge in [0, 0.05) is 0 Å². The lowest BCUT2D eigenvalue weighted by molar-refractivity contribution is -0.550. The molecule has 1 heterocycles. The Morgan fingerprint density at radius 3 is 1.69 bits per heavy atom. The Balaban J connectivity index is 1.82. The minimum Gasteiger partial charge on any atom is -0.354 e. The summed E-state index contributed by atoms with van der Waals surface area (Å²) < 4.78 is 1.92. The van der Waals surface area contributed by atoms with E-state index in [-0.39, 0.29) is 0 Å². The summed E-state index contributed by atoms with van der Waals surface area (Å²) in [6.45, 7) is 0. The fraction of sp³-hybridized carbons (Fsp3) is 0.107. The van der Waals surface area contributed by atoms with Crippen LogP contribution in [0.4, 0.5) is 11.4 Å². The van der Waals surface area contributed by atoms with Crippen molar-refractivity contribution in [1.82, 2.24) is 0 Å². The van der Waals surface area contributed by atoms with E-state index in [1.165, 1.54) is 0 Å². The van der Waals surface area contributed by atoms with Crippen LogP contribution in [0.1, 0.15) is 17.0 Å². The number of aliphatic hydroxyl groups is 2. The fourth-order valence-corrected chi connectivity index (χ4v) is 4.45. The Bertz CT molecular complexity index is 1200. The van der Waals surface area contributed by atoms with Crippen LogP contribution in [-0.4, -0.2) is 33.1 Å². The molecule has 0 saturated carbocycles. The number of para-hydroxylation sites is 2. The SMILES string of the molecule is OC1C(c2ccccc2)C(O)[N+](c2ccccc2)=C(c2ccccc2)N1c1ccccc1. The molecule has 1 aliphatic heterocycles. The van der Waals surface area contributed by atoms with Crippen molar-refractivity contribution >= 4 is 17.2 Å². The Morgan fingerprint density at radius 2 is 1.09 bits per heavy atom. The van der Waals surface area contributed by atoms with Crippen molar-refractivity contribution in [3.63, 3.8) is 0 Å². The summed E-state index contributed by atoms with van der Waals surface area (Å²) in [6.07, 6.45) is -1.94. The van der Waals surface area contributed by atoms with Gasteiger partial charge in [0.15, 0.2) is 0 Å². The molecule has 3 unspecified atom stereocenters. The molecule has 2 N–H and O–H groups in total. The highest BCUT2D eigenvalue weighted by Crippen LogP contribution is 2.37. The number of nitrogens with zero attached hydrogens (tertiary/aromatic N) is 2. The highest BCUT2D eigenvalue weighted by atomic mass is 16.3. The first-order valence-corrected chi connectivity index (χ1v) is 10.8. The summed E-state index contributed by atoms with van der Waals surface area (Å²) in [6, 6.07) is 39.3. The van der Waals surface area contributed by atoms with Crippen molar-refractivity contribution in [2.75, 3.05) is 4.90 Å². The lowest BCUT2D eigenvalue weighted by atomic mass is 9.91. The molecule has 32 heavy (non-hydrogen) atoms. The van der Waals surface area contributed by atoms with Gasteiger partial charge in [0.1, 0.15) is 17.3 Å². The number of aliphatic hydroxyl groups excluding tert-OH is 2. The lowest BCUT2D eigenvalue weighted by Crippen LogP contribution is -2.58. The van der Waals surface area contributed by atoms with Crippen molar-refractivity contribution in [3.05, 3.63) is 132 Å². The quantitative estimate of drug-likeness (QED) is 0.469. The Hall–Kier alpha value is -3.73. The van der Waals surface area contributed by atoms with Gasteiger partial charge >= 0.3 is 0 Å². The number of amidine groups is 1. The number of anilines is 1. The summed E-state index contributed by atoms with van der Waals surface area (Å²) >= 11 is 0. The number of benzene rings is 4. The van der Waals surface area contributed by atoms with Gasteiger partial charge in [-0.15, -0.1) is 0 Å². The second kappa shape index (κ2) is 8.79. The first-order chi connectivity index (χ1) is 15.8.